The number of aryl methyl sites for hydroxylation is 1. The quantitative estimate of drug-likeness (QED) is 0.574. The number of nitrogens with zero attached hydrogens (tertiary/aromatic N) is 2. The van der Waals surface area contributed by atoms with Crippen LogP contribution in [0.4, 0.5) is 15.9 Å². The number of carbonyl (C=O) groups is 1. The highest BCUT2D eigenvalue weighted by molar-refractivity contribution is 6.05. The molecule has 0 saturated carbocycles. The normalized spacial score (nSPS) is 10.1. The first-order chi connectivity index (χ1) is 9.13. The molecule has 0 aromatic carbocycles. The predicted octanol–water partition coefficient (Wildman–Crippen LogP) is 1.46. The third-order valence-corrected chi connectivity index (χ3v) is 2.54. The molecule has 0 aliphatic heterocycles. The number of hydrogen-bond donors (Lipinski definition) is 3. The maximum absolute atomic E-state index is 13.8. The first-order valence-corrected chi connectivity index (χ1v) is 5.46. The second kappa shape index (κ2) is 5.40. The summed E-state index contributed by atoms with van der Waals surface area (Å²) in [6, 6.07) is 2.91. The highest BCUT2D eigenvalue weighted by Crippen LogP contribution is 2.17. The molecule has 98 valence electrons. The Morgan fingerprint density at radius 3 is 2.84 bits per heavy atom. The van der Waals surface area contributed by atoms with Crippen molar-refractivity contribution in [2.24, 2.45) is 5.84 Å². The first kappa shape index (κ1) is 12.9. The lowest BCUT2D eigenvalue weighted by Crippen LogP contribution is -2.18. The lowest BCUT2D eigenvalue weighted by molar-refractivity contribution is 0.102. The number of nitrogens with one attached hydrogen (secondary N) is 2. The van der Waals surface area contributed by atoms with E-state index in [1.807, 2.05) is 0 Å². The summed E-state index contributed by atoms with van der Waals surface area (Å²) in [6.07, 6.45) is 4.44. The lowest BCUT2D eigenvalue weighted by atomic mass is 10.2. The number of anilines is 2. The van der Waals surface area contributed by atoms with E-state index in [2.05, 4.69) is 20.7 Å². The van der Waals surface area contributed by atoms with Gasteiger partial charge in [0.1, 0.15) is 0 Å². The third kappa shape index (κ3) is 2.66. The van der Waals surface area contributed by atoms with E-state index in [0.717, 1.165) is 5.56 Å². The Kier molecular flexibility index (Phi) is 3.67. The predicted molar refractivity (Wildman–Crippen MR) is 68.9 cm³/mol. The van der Waals surface area contributed by atoms with Crippen molar-refractivity contribution in [2.75, 3.05) is 10.7 Å². The Bertz CT molecular complexity index is 617. The van der Waals surface area contributed by atoms with Gasteiger partial charge in [-0.2, -0.15) is 0 Å². The minimum absolute atomic E-state index is 0.140. The van der Waals surface area contributed by atoms with Gasteiger partial charge in [0.2, 0.25) is 0 Å². The minimum Gasteiger partial charge on any atom is -0.322 e. The molecule has 0 saturated heterocycles. The zero-order valence-electron chi connectivity index (χ0n) is 10.1. The van der Waals surface area contributed by atoms with E-state index >= 15 is 0 Å². The monoisotopic (exact) mass is 261 g/mol. The molecular formula is C12H12FN5O. The molecule has 1 amide bonds. The number of halogens is 1. The molecule has 0 atom stereocenters. The summed E-state index contributed by atoms with van der Waals surface area (Å²) in [4.78, 5) is 19.6. The number of nitrogens with two attached hydrogens (primary N) is 1. The van der Waals surface area contributed by atoms with Crippen LogP contribution in [0.1, 0.15) is 15.9 Å². The van der Waals surface area contributed by atoms with Gasteiger partial charge in [-0.3, -0.25) is 9.78 Å². The fourth-order valence-electron chi connectivity index (χ4n) is 1.52. The second-order valence-corrected chi connectivity index (χ2v) is 3.81. The van der Waals surface area contributed by atoms with Crippen LogP contribution in [-0.2, 0) is 0 Å². The van der Waals surface area contributed by atoms with Crippen molar-refractivity contribution in [1.29, 1.82) is 0 Å². The van der Waals surface area contributed by atoms with Crippen LogP contribution in [0.5, 0.6) is 0 Å². The Balaban J connectivity index is 2.28. The first-order valence-electron chi connectivity index (χ1n) is 5.46. The Hall–Kier alpha value is -2.54. The molecular weight excluding hydrogens is 249 g/mol. The number of hydrazine groups is 1. The number of nitrogen functional groups attached to an aromatic ring is 1. The van der Waals surface area contributed by atoms with Crippen molar-refractivity contribution in [3.05, 3.63) is 47.7 Å². The molecule has 2 heterocycles. The number of pyridine rings is 2. The summed E-state index contributed by atoms with van der Waals surface area (Å²) in [7, 11) is 0. The van der Waals surface area contributed by atoms with Crippen molar-refractivity contribution in [1.82, 2.24) is 9.97 Å². The summed E-state index contributed by atoms with van der Waals surface area (Å²) in [5.41, 5.74) is 3.30. The smallest absolute Gasteiger partial charge is 0.258 e. The molecule has 0 unspecified atom stereocenters. The molecule has 0 aliphatic rings. The van der Waals surface area contributed by atoms with E-state index in [1.165, 1.54) is 12.3 Å². The molecule has 0 aliphatic carbocycles. The van der Waals surface area contributed by atoms with Crippen LogP contribution in [0.15, 0.2) is 30.7 Å². The van der Waals surface area contributed by atoms with E-state index in [9.17, 15) is 9.18 Å². The third-order valence-electron chi connectivity index (χ3n) is 2.54. The number of aromatic nitrogens is 2. The average molecular weight is 261 g/mol. The van der Waals surface area contributed by atoms with Gasteiger partial charge in [0, 0.05) is 24.3 Å². The largest absolute Gasteiger partial charge is 0.322 e. The molecule has 6 nitrogen and oxygen atoms in total. The van der Waals surface area contributed by atoms with Crippen LogP contribution in [0, 0.1) is 12.7 Å². The van der Waals surface area contributed by atoms with Crippen LogP contribution in [0.25, 0.3) is 0 Å². The maximum atomic E-state index is 13.8. The standard InChI is InChI=1S/C12H12FN5O/c1-7-6-15-4-3-9(7)17-12(19)8-2-5-16-11(18-14)10(8)13/h2-6H,14H2,1H3,(H,16,18)(H,15,17,19). The number of rotatable bonds is 3. The zero-order chi connectivity index (χ0) is 13.8. The fourth-order valence-corrected chi connectivity index (χ4v) is 1.52. The van der Waals surface area contributed by atoms with Gasteiger partial charge < -0.3 is 10.7 Å². The molecule has 19 heavy (non-hydrogen) atoms. The van der Waals surface area contributed by atoms with Gasteiger partial charge in [-0.1, -0.05) is 0 Å². The number of carbonyl (C=O) groups excluding carboxylic acids is 1. The molecule has 2 rings (SSSR count). The van der Waals surface area contributed by atoms with Crippen molar-refractivity contribution in [2.45, 2.75) is 6.92 Å². The van der Waals surface area contributed by atoms with Gasteiger partial charge in [0.15, 0.2) is 11.6 Å². The molecule has 7 heteroatoms. The summed E-state index contributed by atoms with van der Waals surface area (Å²) in [5, 5.41) is 2.60. The van der Waals surface area contributed by atoms with Crippen LogP contribution in [0.3, 0.4) is 0 Å². The van der Waals surface area contributed by atoms with Crippen molar-refractivity contribution < 1.29 is 9.18 Å². The van der Waals surface area contributed by atoms with Crippen LogP contribution < -0.4 is 16.6 Å². The molecule has 2 aromatic rings. The minimum atomic E-state index is -0.797. The number of amides is 1. The molecule has 0 spiro atoms. The van der Waals surface area contributed by atoms with Gasteiger partial charge in [-0.05, 0) is 24.6 Å². The lowest BCUT2D eigenvalue weighted by Gasteiger charge is -2.09. The molecule has 2 aromatic heterocycles. The summed E-state index contributed by atoms with van der Waals surface area (Å²) < 4.78 is 13.8. The topological polar surface area (TPSA) is 92.9 Å². The summed E-state index contributed by atoms with van der Waals surface area (Å²) >= 11 is 0. The SMILES string of the molecule is Cc1cnccc1NC(=O)c1ccnc(NN)c1F. The highest BCUT2D eigenvalue weighted by Gasteiger charge is 2.16. The summed E-state index contributed by atoms with van der Waals surface area (Å²) in [5.74, 6) is 3.55. The summed E-state index contributed by atoms with van der Waals surface area (Å²) in [6.45, 7) is 1.79. The van der Waals surface area contributed by atoms with Gasteiger partial charge in [0.25, 0.3) is 5.91 Å². The molecule has 4 N–H and O–H groups in total. The molecule has 0 fully saturated rings. The zero-order valence-corrected chi connectivity index (χ0v) is 10.1. The van der Waals surface area contributed by atoms with Crippen LogP contribution >= 0.6 is 0 Å². The van der Waals surface area contributed by atoms with Crippen molar-refractivity contribution in [3.63, 3.8) is 0 Å². The van der Waals surface area contributed by atoms with Gasteiger partial charge in [-0.25, -0.2) is 15.2 Å². The second-order valence-electron chi connectivity index (χ2n) is 3.81. The fraction of sp³-hybridized carbons (Fsp3) is 0.0833. The highest BCUT2D eigenvalue weighted by atomic mass is 19.1. The van der Waals surface area contributed by atoms with Gasteiger partial charge >= 0.3 is 0 Å². The number of hydrogen-bond acceptors (Lipinski definition) is 5. The van der Waals surface area contributed by atoms with Crippen molar-refractivity contribution >= 4 is 17.4 Å². The van der Waals surface area contributed by atoms with E-state index in [0.29, 0.717) is 5.69 Å². The van der Waals surface area contributed by atoms with Crippen molar-refractivity contribution in [3.8, 4) is 0 Å². The average Bonchev–Trinajstić information content (AvgIpc) is 2.41. The molecule has 0 bridgehead atoms. The van der Waals surface area contributed by atoms with Gasteiger partial charge in [0.05, 0.1) is 5.56 Å². The van der Waals surface area contributed by atoms with E-state index in [-0.39, 0.29) is 11.4 Å². The Morgan fingerprint density at radius 2 is 2.16 bits per heavy atom. The Morgan fingerprint density at radius 1 is 1.37 bits per heavy atom. The maximum Gasteiger partial charge on any atom is 0.258 e. The van der Waals surface area contributed by atoms with Crippen LogP contribution in [-0.4, -0.2) is 15.9 Å². The van der Waals surface area contributed by atoms with E-state index in [1.54, 1.807) is 25.4 Å². The van der Waals surface area contributed by atoms with E-state index < -0.39 is 11.7 Å². The van der Waals surface area contributed by atoms with E-state index in [4.69, 9.17) is 5.84 Å². The Labute approximate surface area is 108 Å². The van der Waals surface area contributed by atoms with Crippen LogP contribution in [0.2, 0.25) is 0 Å². The van der Waals surface area contributed by atoms with Gasteiger partial charge in [-0.15, -0.1) is 0 Å². The molecule has 0 radical (unpaired) electrons.